The Hall–Kier alpha value is -0.670. The van der Waals surface area contributed by atoms with Gasteiger partial charge in [0.15, 0.2) is 0 Å². The van der Waals surface area contributed by atoms with E-state index in [4.69, 9.17) is 0 Å². The molecule has 0 saturated carbocycles. The van der Waals surface area contributed by atoms with Crippen molar-refractivity contribution in [1.82, 2.24) is 10.3 Å². The fourth-order valence-electron chi connectivity index (χ4n) is 2.83. The van der Waals surface area contributed by atoms with Crippen LogP contribution in [0.15, 0.2) is 29.0 Å². The maximum Gasteiger partial charge on any atom is 0.0410 e. The zero-order chi connectivity index (χ0) is 11.0. The highest BCUT2D eigenvalue weighted by Gasteiger charge is 2.37. The van der Waals surface area contributed by atoms with Crippen molar-refractivity contribution in [3.05, 3.63) is 34.6 Å². The zero-order valence-electron chi connectivity index (χ0n) is 9.07. The molecule has 84 valence electrons. The van der Waals surface area contributed by atoms with Crippen LogP contribution >= 0.6 is 15.9 Å². The van der Waals surface area contributed by atoms with Crippen molar-refractivity contribution >= 4 is 22.0 Å². The fraction of sp³-hybridized carbons (Fsp3) is 0.462. The number of pyridine rings is 1. The Bertz CT molecular complexity index is 416. The van der Waals surface area contributed by atoms with Gasteiger partial charge in [-0.25, -0.2) is 0 Å². The van der Waals surface area contributed by atoms with Crippen molar-refractivity contribution in [1.29, 1.82) is 0 Å². The summed E-state index contributed by atoms with van der Waals surface area (Å²) in [5, 5.41) is 3.65. The fourth-order valence-corrected chi connectivity index (χ4v) is 3.22. The normalized spacial score (nSPS) is 32.7. The molecule has 3 heteroatoms. The third-order valence-corrected chi connectivity index (χ3v) is 4.04. The molecule has 16 heavy (non-hydrogen) atoms. The van der Waals surface area contributed by atoms with Gasteiger partial charge < -0.3 is 5.32 Å². The van der Waals surface area contributed by atoms with Crippen molar-refractivity contribution in [3.8, 4) is 0 Å². The Morgan fingerprint density at radius 2 is 2.31 bits per heavy atom. The van der Waals surface area contributed by atoms with Crippen LogP contribution in [-0.4, -0.2) is 17.1 Å². The minimum Gasteiger partial charge on any atom is -0.311 e. The van der Waals surface area contributed by atoms with Gasteiger partial charge in [-0.05, 0) is 52.7 Å². The summed E-state index contributed by atoms with van der Waals surface area (Å²) in [5.74, 6) is 0.720. The SMILES string of the molecule is Brc1cncc(/C=C/C2CC3CCC2N3)c1. The van der Waals surface area contributed by atoms with Crippen LogP contribution in [0.4, 0.5) is 0 Å². The molecule has 0 amide bonds. The molecule has 0 aromatic carbocycles. The van der Waals surface area contributed by atoms with Crippen LogP contribution in [0.25, 0.3) is 6.08 Å². The Kier molecular flexibility index (Phi) is 2.82. The predicted octanol–water partition coefficient (Wildman–Crippen LogP) is 3.00. The standard InChI is InChI=1S/C13H15BrN2/c14-11-5-9(7-15-8-11)1-2-10-6-12-3-4-13(10)16-12/h1-2,5,7-8,10,12-13,16H,3-4,6H2/b2-1+. The summed E-state index contributed by atoms with van der Waals surface area (Å²) in [6.07, 6.45) is 12.3. The van der Waals surface area contributed by atoms with Gasteiger partial charge in [-0.3, -0.25) is 4.98 Å². The molecule has 2 saturated heterocycles. The van der Waals surface area contributed by atoms with Crippen molar-refractivity contribution in [2.45, 2.75) is 31.3 Å². The molecule has 2 aliphatic rings. The van der Waals surface area contributed by atoms with E-state index < -0.39 is 0 Å². The summed E-state index contributed by atoms with van der Waals surface area (Å²) >= 11 is 3.44. The molecule has 2 fully saturated rings. The average Bonchev–Trinajstić information content (AvgIpc) is 2.88. The van der Waals surface area contributed by atoms with E-state index in [1.807, 2.05) is 12.4 Å². The van der Waals surface area contributed by atoms with Gasteiger partial charge >= 0.3 is 0 Å². The van der Waals surface area contributed by atoms with Gasteiger partial charge in [-0.15, -0.1) is 0 Å². The first-order valence-electron chi connectivity index (χ1n) is 5.86. The molecule has 3 atom stereocenters. The quantitative estimate of drug-likeness (QED) is 0.900. The van der Waals surface area contributed by atoms with E-state index in [1.54, 1.807) is 0 Å². The van der Waals surface area contributed by atoms with Gasteiger partial charge in [0.1, 0.15) is 0 Å². The second-order valence-corrected chi connectivity index (χ2v) is 5.66. The maximum absolute atomic E-state index is 4.16. The monoisotopic (exact) mass is 278 g/mol. The smallest absolute Gasteiger partial charge is 0.0410 e. The van der Waals surface area contributed by atoms with E-state index in [0.717, 1.165) is 22.5 Å². The Balaban J connectivity index is 1.70. The highest BCUT2D eigenvalue weighted by Crippen LogP contribution is 2.34. The lowest BCUT2D eigenvalue weighted by atomic mass is 9.89. The van der Waals surface area contributed by atoms with Crippen LogP contribution in [0.5, 0.6) is 0 Å². The summed E-state index contributed by atoms with van der Waals surface area (Å²) in [5.41, 5.74) is 1.18. The molecule has 0 aliphatic carbocycles. The molecule has 1 N–H and O–H groups in total. The minimum absolute atomic E-state index is 0.720. The number of hydrogen-bond acceptors (Lipinski definition) is 2. The molecule has 2 bridgehead atoms. The van der Waals surface area contributed by atoms with Gasteiger partial charge in [0.25, 0.3) is 0 Å². The highest BCUT2D eigenvalue weighted by atomic mass is 79.9. The van der Waals surface area contributed by atoms with Gasteiger partial charge in [0.05, 0.1) is 0 Å². The van der Waals surface area contributed by atoms with E-state index in [2.05, 4.69) is 44.4 Å². The van der Waals surface area contributed by atoms with Gasteiger partial charge in [-0.1, -0.05) is 12.2 Å². The number of nitrogens with zero attached hydrogens (tertiary/aromatic N) is 1. The third kappa shape index (κ3) is 2.06. The summed E-state index contributed by atoms with van der Waals surface area (Å²) in [4.78, 5) is 4.16. The van der Waals surface area contributed by atoms with Crippen LogP contribution in [-0.2, 0) is 0 Å². The summed E-state index contributed by atoms with van der Waals surface area (Å²) in [6.45, 7) is 0. The lowest BCUT2D eigenvalue weighted by Gasteiger charge is -2.15. The largest absolute Gasteiger partial charge is 0.311 e. The molecule has 0 spiro atoms. The average molecular weight is 279 g/mol. The minimum atomic E-state index is 0.720. The summed E-state index contributed by atoms with van der Waals surface area (Å²) in [6, 6.07) is 3.60. The molecular formula is C13H15BrN2. The Labute approximate surface area is 104 Å². The van der Waals surface area contributed by atoms with Crippen molar-refractivity contribution in [2.75, 3.05) is 0 Å². The molecule has 3 unspecified atom stereocenters. The lowest BCUT2D eigenvalue weighted by Crippen LogP contribution is -2.21. The number of fused-ring (bicyclic) bond motifs is 2. The number of halogens is 1. The van der Waals surface area contributed by atoms with E-state index in [9.17, 15) is 0 Å². The van der Waals surface area contributed by atoms with E-state index in [-0.39, 0.29) is 0 Å². The van der Waals surface area contributed by atoms with Crippen LogP contribution < -0.4 is 5.32 Å². The number of aromatic nitrogens is 1. The summed E-state index contributed by atoms with van der Waals surface area (Å²) in [7, 11) is 0. The maximum atomic E-state index is 4.16. The third-order valence-electron chi connectivity index (χ3n) is 3.61. The molecule has 2 nitrogen and oxygen atoms in total. The molecule has 2 aliphatic heterocycles. The number of hydrogen-bond donors (Lipinski definition) is 1. The van der Waals surface area contributed by atoms with E-state index in [1.165, 1.54) is 24.8 Å². The summed E-state index contributed by atoms with van der Waals surface area (Å²) < 4.78 is 1.04. The van der Waals surface area contributed by atoms with Crippen LogP contribution in [0, 0.1) is 5.92 Å². The molecule has 1 aromatic rings. The topological polar surface area (TPSA) is 24.9 Å². The second kappa shape index (κ2) is 4.30. The van der Waals surface area contributed by atoms with Gasteiger partial charge in [0.2, 0.25) is 0 Å². The second-order valence-electron chi connectivity index (χ2n) is 4.74. The van der Waals surface area contributed by atoms with Crippen LogP contribution in [0.1, 0.15) is 24.8 Å². The number of nitrogens with one attached hydrogen (secondary N) is 1. The van der Waals surface area contributed by atoms with E-state index in [0.29, 0.717) is 0 Å². The molecule has 1 aromatic heterocycles. The number of rotatable bonds is 2. The predicted molar refractivity (Wildman–Crippen MR) is 69.0 cm³/mol. The zero-order valence-corrected chi connectivity index (χ0v) is 10.7. The molecule has 3 rings (SSSR count). The van der Waals surface area contributed by atoms with Crippen LogP contribution in [0.2, 0.25) is 0 Å². The van der Waals surface area contributed by atoms with Crippen LogP contribution in [0.3, 0.4) is 0 Å². The van der Waals surface area contributed by atoms with Crippen molar-refractivity contribution in [3.63, 3.8) is 0 Å². The lowest BCUT2D eigenvalue weighted by molar-refractivity contribution is 0.481. The molecular weight excluding hydrogens is 264 g/mol. The van der Waals surface area contributed by atoms with Gasteiger partial charge in [0, 0.05) is 29.0 Å². The first-order valence-corrected chi connectivity index (χ1v) is 6.65. The van der Waals surface area contributed by atoms with E-state index >= 15 is 0 Å². The Morgan fingerprint density at radius 3 is 3.00 bits per heavy atom. The van der Waals surface area contributed by atoms with Crippen molar-refractivity contribution in [2.24, 2.45) is 5.92 Å². The molecule has 0 radical (unpaired) electrons. The molecule has 3 heterocycles. The van der Waals surface area contributed by atoms with Gasteiger partial charge in [-0.2, -0.15) is 0 Å². The first kappa shape index (κ1) is 10.5. The highest BCUT2D eigenvalue weighted by molar-refractivity contribution is 9.10. The Morgan fingerprint density at radius 1 is 1.38 bits per heavy atom. The van der Waals surface area contributed by atoms with Crippen molar-refractivity contribution < 1.29 is 0 Å². The first-order chi connectivity index (χ1) is 7.81.